The van der Waals surface area contributed by atoms with Crippen LogP contribution in [0.15, 0.2) is 24.3 Å². The standard InChI is InChI=1S/C14H17FN2O2/c15-12-6-4-11(5-7-12)9-17-8-2-1-3-13(14(17)19)16-10-18/h4-7,10,13H,1-3,8-9H2,(H,16,18). The molecular formula is C14H17FN2O2. The normalized spacial score (nSPS) is 19.9. The number of hydrogen-bond acceptors (Lipinski definition) is 2. The number of carbonyl (C=O) groups is 2. The quantitative estimate of drug-likeness (QED) is 0.837. The van der Waals surface area contributed by atoms with Crippen LogP contribution in [0.1, 0.15) is 24.8 Å². The molecule has 1 aliphatic rings. The van der Waals surface area contributed by atoms with Gasteiger partial charge in [0.1, 0.15) is 11.9 Å². The molecule has 1 heterocycles. The lowest BCUT2D eigenvalue weighted by Crippen LogP contribution is -2.44. The first kappa shape index (κ1) is 13.5. The average molecular weight is 264 g/mol. The van der Waals surface area contributed by atoms with Crippen molar-refractivity contribution in [3.63, 3.8) is 0 Å². The van der Waals surface area contributed by atoms with Crippen molar-refractivity contribution >= 4 is 12.3 Å². The minimum atomic E-state index is -0.430. The maximum atomic E-state index is 12.8. The Balaban J connectivity index is 2.06. The highest BCUT2D eigenvalue weighted by Gasteiger charge is 2.26. The fourth-order valence-corrected chi connectivity index (χ4v) is 2.31. The molecule has 1 aromatic rings. The molecule has 1 aromatic carbocycles. The van der Waals surface area contributed by atoms with Gasteiger partial charge in [0.05, 0.1) is 0 Å². The molecule has 0 bridgehead atoms. The van der Waals surface area contributed by atoms with Crippen molar-refractivity contribution in [2.24, 2.45) is 0 Å². The third-order valence-corrected chi connectivity index (χ3v) is 3.34. The number of benzene rings is 1. The van der Waals surface area contributed by atoms with Gasteiger partial charge >= 0.3 is 0 Å². The zero-order valence-corrected chi connectivity index (χ0v) is 10.6. The van der Waals surface area contributed by atoms with Crippen LogP contribution in [-0.2, 0) is 16.1 Å². The monoisotopic (exact) mass is 264 g/mol. The number of hydrogen-bond donors (Lipinski definition) is 1. The van der Waals surface area contributed by atoms with Crippen molar-refractivity contribution in [1.29, 1.82) is 0 Å². The van der Waals surface area contributed by atoms with Crippen LogP contribution in [0.3, 0.4) is 0 Å². The van der Waals surface area contributed by atoms with Gasteiger partial charge in [0.15, 0.2) is 0 Å². The van der Waals surface area contributed by atoms with Gasteiger partial charge in [-0.25, -0.2) is 4.39 Å². The molecule has 1 unspecified atom stereocenters. The van der Waals surface area contributed by atoms with Crippen LogP contribution in [0.5, 0.6) is 0 Å². The Bertz CT molecular complexity index is 447. The van der Waals surface area contributed by atoms with Gasteiger partial charge in [0.25, 0.3) is 0 Å². The summed E-state index contributed by atoms with van der Waals surface area (Å²) in [4.78, 5) is 24.5. The van der Waals surface area contributed by atoms with Gasteiger partial charge in [-0.15, -0.1) is 0 Å². The second-order valence-corrected chi connectivity index (χ2v) is 4.72. The highest BCUT2D eigenvalue weighted by atomic mass is 19.1. The van der Waals surface area contributed by atoms with Gasteiger partial charge in [-0.2, -0.15) is 0 Å². The lowest BCUT2D eigenvalue weighted by molar-refractivity contribution is -0.134. The Morgan fingerprint density at radius 2 is 2.05 bits per heavy atom. The molecule has 0 aromatic heterocycles. The number of nitrogens with one attached hydrogen (secondary N) is 1. The zero-order chi connectivity index (χ0) is 13.7. The minimum Gasteiger partial charge on any atom is -0.347 e. The van der Waals surface area contributed by atoms with Crippen molar-refractivity contribution in [2.45, 2.75) is 31.8 Å². The smallest absolute Gasteiger partial charge is 0.245 e. The van der Waals surface area contributed by atoms with E-state index in [0.717, 1.165) is 18.4 Å². The van der Waals surface area contributed by atoms with Gasteiger partial charge < -0.3 is 10.2 Å². The fraction of sp³-hybridized carbons (Fsp3) is 0.429. The highest BCUT2D eigenvalue weighted by Crippen LogP contribution is 2.15. The van der Waals surface area contributed by atoms with Crippen LogP contribution in [0.25, 0.3) is 0 Å². The van der Waals surface area contributed by atoms with E-state index in [2.05, 4.69) is 5.32 Å². The SMILES string of the molecule is O=CNC1CCCCN(Cc2ccc(F)cc2)C1=O. The number of nitrogens with zero attached hydrogens (tertiary/aromatic N) is 1. The van der Waals surface area contributed by atoms with Crippen molar-refractivity contribution in [3.05, 3.63) is 35.6 Å². The van der Waals surface area contributed by atoms with E-state index in [-0.39, 0.29) is 11.7 Å². The molecule has 1 saturated heterocycles. The summed E-state index contributed by atoms with van der Waals surface area (Å²) >= 11 is 0. The molecule has 1 atom stereocenters. The Morgan fingerprint density at radius 3 is 2.74 bits per heavy atom. The summed E-state index contributed by atoms with van der Waals surface area (Å²) in [6, 6.07) is 5.70. The molecule has 0 saturated carbocycles. The first-order chi connectivity index (χ1) is 9.20. The Kier molecular flexibility index (Phi) is 4.49. The Morgan fingerprint density at radius 1 is 1.32 bits per heavy atom. The lowest BCUT2D eigenvalue weighted by Gasteiger charge is -2.24. The van der Waals surface area contributed by atoms with Crippen LogP contribution in [0.2, 0.25) is 0 Å². The lowest BCUT2D eigenvalue weighted by atomic mass is 10.1. The third-order valence-electron chi connectivity index (χ3n) is 3.34. The number of likely N-dealkylation sites (tertiary alicyclic amines) is 1. The number of carbonyl (C=O) groups excluding carboxylic acids is 2. The molecule has 2 amide bonds. The summed E-state index contributed by atoms with van der Waals surface area (Å²) < 4.78 is 12.8. The highest BCUT2D eigenvalue weighted by molar-refractivity contribution is 5.83. The van der Waals surface area contributed by atoms with E-state index in [1.807, 2.05) is 0 Å². The minimum absolute atomic E-state index is 0.0612. The molecule has 1 N–H and O–H groups in total. The second-order valence-electron chi connectivity index (χ2n) is 4.72. The van der Waals surface area contributed by atoms with Crippen molar-refractivity contribution in [1.82, 2.24) is 10.2 Å². The summed E-state index contributed by atoms with van der Waals surface area (Å²) in [5.74, 6) is -0.347. The zero-order valence-electron chi connectivity index (χ0n) is 10.6. The van der Waals surface area contributed by atoms with Crippen molar-refractivity contribution in [2.75, 3.05) is 6.54 Å². The molecule has 19 heavy (non-hydrogen) atoms. The Labute approximate surface area is 111 Å². The van der Waals surface area contributed by atoms with E-state index in [9.17, 15) is 14.0 Å². The van der Waals surface area contributed by atoms with Crippen molar-refractivity contribution in [3.8, 4) is 0 Å². The predicted molar refractivity (Wildman–Crippen MR) is 68.7 cm³/mol. The van der Waals surface area contributed by atoms with Crippen LogP contribution in [0.4, 0.5) is 4.39 Å². The third kappa shape index (κ3) is 3.53. The molecule has 102 valence electrons. The molecule has 0 aliphatic carbocycles. The maximum absolute atomic E-state index is 12.8. The number of rotatable bonds is 4. The predicted octanol–water partition coefficient (Wildman–Crippen LogP) is 1.45. The van der Waals surface area contributed by atoms with Gasteiger partial charge in [-0.05, 0) is 37.0 Å². The van der Waals surface area contributed by atoms with Crippen molar-refractivity contribution < 1.29 is 14.0 Å². The van der Waals surface area contributed by atoms with Crippen LogP contribution >= 0.6 is 0 Å². The molecule has 2 rings (SSSR count). The van der Waals surface area contributed by atoms with E-state index in [4.69, 9.17) is 0 Å². The van der Waals surface area contributed by atoms with Gasteiger partial charge in [0, 0.05) is 13.1 Å². The molecule has 1 aliphatic heterocycles. The topological polar surface area (TPSA) is 49.4 Å². The van der Waals surface area contributed by atoms with Crippen LogP contribution in [-0.4, -0.2) is 29.8 Å². The molecule has 5 heteroatoms. The van der Waals surface area contributed by atoms with Crippen LogP contribution < -0.4 is 5.32 Å². The van der Waals surface area contributed by atoms with Crippen LogP contribution in [0, 0.1) is 5.82 Å². The van der Waals surface area contributed by atoms with Gasteiger partial charge in [0.2, 0.25) is 12.3 Å². The summed E-state index contributed by atoms with van der Waals surface area (Å²) in [6.45, 7) is 1.13. The summed E-state index contributed by atoms with van der Waals surface area (Å²) in [6.07, 6.45) is 3.09. The first-order valence-electron chi connectivity index (χ1n) is 6.43. The fourth-order valence-electron chi connectivity index (χ4n) is 2.31. The summed E-state index contributed by atoms with van der Waals surface area (Å²) in [7, 11) is 0. The average Bonchev–Trinajstić information content (AvgIpc) is 2.57. The number of amides is 2. The van der Waals surface area contributed by atoms with E-state index in [0.29, 0.717) is 25.9 Å². The molecule has 0 radical (unpaired) electrons. The number of halogens is 1. The first-order valence-corrected chi connectivity index (χ1v) is 6.43. The van der Waals surface area contributed by atoms with Gasteiger partial charge in [-0.3, -0.25) is 9.59 Å². The van der Waals surface area contributed by atoms with Gasteiger partial charge in [-0.1, -0.05) is 12.1 Å². The summed E-state index contributed by atoms with van der Waals surface area (Å²) in [5, 5.41) is 2.57. The molecule has 0 spiro atoms. The molecule has 1 fully saturated rings. The summed E-state index contributed by atoms with van der Waals surface area (Å²) in [5.41, 5.74) is 0.890. The maximum Gasteiger partial charge on any atom is 0.245 e. The second kappa shape index (κ2) is 6.31. The van der Waals surface area contributed by atoms with E-state index >= 15 is 0 Å². The Hall–Kier alpha value is -1.91. The molecular weight excluding hydrogens is 247 g/mol. The molecule has 4 nitrogen and oxygen atoms in total. The van der Waals surface area contributed by atoms with E-state index in [1.165, 1.54) is 12.1 Å². The largest absolute Gasteiger partial charge is 0.347 e. The van der Waals surface area contributed by atoms with E-state index < -0.39 is 6.04 Å². The van der Waals surface area contributed by atoms with E-state index in [1.54, 1.807) is 17.0 Å².